The topological polar surface area (TPSA) is 75.2 Å². The highest BCUT2D eigenvalue weighted by Gasteiger charge is 2.40. The van der Waals surface area contributed by atoms with Gasteiger partial charge in [0.15, 0.2) is 5.16 Å². The maximum Gasteiger partial charge on any atom is 0.278 e. The first-order chi connectivity index (χ1) is 15.0. The van der Waals surface area contributed by atoms with Crippen molar-refractivity contribution in [3.05, 3.63) is 64.0 Å². The summed E-state index contributed by atoms with van der Waals surface area (Å²) in [7, 11) is 0. The van der Waals surface area contributed by atoms with Gasteiger partial charge in [0.25, 0.3) is 11.8 Å². The van der Waals surface area contributed by atoms with Crippen molar-refractivity contribution in [2.45, 2.75) is 63.6 Å². The Kier molecular flexibility index (Phi) is 6.70. The molecule has 0 radical (unpaired) electrons. The Hall–Kier alpha value is -2.67. The molecule has 1 saturated carbocycles. The van der Waals surface area contributed by atoms with Crippen molar-refractivity contribution in [1.29, 1.82) is 0 Å². The number of carbonyl (C=O) groups excluding carboxylic acids is 2. The van der Waals surface area contributed by atoms with Gasteiger partial charge in [-0.15, -0.1) is 0 Å². The molecule has 2 aromatic rings. The van der Waals surface area contributed by atoms with Gasteiger partial charge in [-0.25, -0.2) is 9.97 Å². The predicted molar refractivity (Wildman–Crippen MR) is 121 cm³/mol. The van der Waals surface area contributed by atoms with Crippen LogP contribution in [0.15, 0.2) is 52.2 Å². The molecule has 6 nitrogen and oxygen atoms in total. The number of hydrogen-bond donors (Lipinski definition) is 1. The molecule has 0 unspecified atom stereocenters. The molecule has 0 spiro atoms. The van der Waals surface area contributed by atoms with Gasteiger partial charge in [-0.05, 0) is 56.5 Å². The second kappa shape index (κ2) is 9.64. The minimum Gasteiger partial charge on any atom is -0.377 e. The number of thioether (sulfide) groups is 1. The number of aryl methyl sites for hydroxylation is 2. The van der Waals surface area contributed by atoms with Crippen LogP contribution in [-0.2, 0) is 16.0 Å². The molecule has 1 aromatic heterocycles. The first kappa shape index (κ1) is 21.6. The van der Waals surface area contributed by atoms with Crippen molar-refractivity contribution >= 4 is 23.6 Å². The Morgan fingerprint density at radius 2 is 1.68 bits per heavy atom. The fraction of sp³-hybridized carbons (Fsp3) is 0.417. The van der Waals surface area contributed by atoms with Crippen LogP contribution in [0.25, 0.3) is 0 Å². The van der Waals surface area contributed by atoms with Crippen LogP contribution in [0.2, 0.25) is 0 Å². The van der Waals surface area contributed by atoms with Crippen LogP contribution in [0.3, 0.4) is 0 Å². The molecule has 1 aliphatic heterocycles. The monoisotopic (exact) mass is 436 g/mol. The molecule has 1 N–H and O–H groups in total. The first-order valence-corrected chi connectivity index (χ1v) is 11.7. The average molecular weight is 437 g/mol. The van der Waals surface area contributed by atoms with Crippen molar-refractivity contribution < 1.29 is 9.59 Å². The summed E-state index contributed by atoms with van der Waals surface area (Å²) >= 11 is 1.20. The predicted octanol–water partition coefficient (Wildman–Crippen LogP) is 3.93. The molecule has 2 heterocycles. The van der Waals surface area contributed by atoms with Crippen LogP contribution in [0.5, 0.6) is 0 Å². The number of amides is 2. The van der Waals surface area contributed by atoms with Crippen LogP contribution in [-0.4, -0.2) is 39.3 Å². The summed E-state index contributed by atoms with van der Waals surface area (Å²) in [5.41, 5.74) is 3.20. The lowest BCUT2D eigenvalue weighted by atomic mass is 9.95. The van der Waals surface area contributed by atoms with E-state index in [1.54, 1.807) is 0 Å². The van der Waals surface area contributed by atoms with E-state index in [0.29, 0.717) is 28.7 Å². The molecule has 2 amide bonds. The van der Waals surface area contributed by atoms with E-state index in [-0.39, 0.29) is 17.9 Å². The number of imide groups is 1. The van der Waals surface area contributed by atoms with E-state index in [1.807, 2.05) is 50.2 Å². The molecule has 0 atom stereocenters. The normalized spacial score (nSPS) is 17.5. The van der Waals surface area contributed by atoms with E-state index in [1.165, 1.54) is 23.1 Å². The average Bonchev–Trinajstić information content (AvgIpc) is 2.97. The standard InChI is InChI=1S/C24H28N4O2S/c1-16-15-17(2)26-24(25-16)31-21-20(27-19-11-7-4-8-12-19)22(29)28(23(21)30)14-13-18-9-5-3-6-10-18/h3,5-6,9-10,15,19,27H,4,7-8,11-14H2,1-2H3. The highest BCUT2D eigenvalue weighted by Crippen LogP contribution is 2.34. The van der Waals surface area contributed by atoms with Gasteiger partial charge in [-0.2, -0.15) is 0 Å². The quantitative estimate of drug-likeness (QED) is 0.524. The molecular weight excluding hydrogens is 408 g/mol. The Labute approximate surface area is 187 Å². The molecule has 162 valence electrons. The molecule has 2 aliphatic rings. The van der Waals surface area contributed by atoms with Crippen LogP contribution in [0, 0.1) is 13.8 Å². The largest absolute Gasteiger partial charge is 0.377 e. The number of hydrogen-bond acceptors (Lipinski definition) is 6. The molecule has 0 saturated heterocycles. The number of rotatable bonds is 7. The highest BCUT2D eigenvalue weighted by atomic mass is 32.2. The molecule has 4 rings (SSSR count). The molecule has 31 heavy (non-hydrogen) atoms. The zero-order valence-corrected chi connectivity index (χ0v) is 18.9. The van der Waals surface area contributed by atoms with Crippen LogP contribution in [0.4, 0.5) is 0 Å². The summed E-state index contributed by atoms with van der Waals surface area (Å²) in [5.74, 6) is -0.495. The van der Waals surface area contributed by atoms with Crippen molar-refractivity contribution in [3.8, 4) is 0 Å². The zero-order valence-electron chi connectivity index (χ0n) is 18.1. The Morgan fingerprint density at radius 3 is 2.35 bits per heavy atom. The second-order valence-corrected chi connectivity index (χ2v) is 9.19. The smallest absolute Gasteiger partial charge is 0.278 e. The van der Waals surface area contributed by atoms with Gasteiger partial charge < -0.3 is 5.32 Å². The van der Waals surface area contributed by atoms with E-state index in [2.05, 4.69) is 15.3 Å². The number of nitrogens with zero attached hydrogens (tertiary/aromatic N) is 3. The number of aromatic nitrogens is 2. The first-order valence-electron chi connectivity index (χ1n) is 10.9. The van der Waals surface area contributed by atoms with E-state index in [0.717, 1.165) is 42.6 Å². The van der Waals surface area contributed by atoms with Crippen molar-refractivity contribution in [3.63, 3.8) is 0 Å². The Bertz CT molecular complexity index is 980. The number of carbonyl (C=O) groups is 2. The fourth-order valence-corrected chi connectivity index (χ4v) is 5.15. The molecule has 1 aromatic carbocycles. The summed E-state index contributed by atoms with van der Waals surface area (Å²) in [5, 5.41) is 3.92. The molecule has 7 heteroatoms. The maximum absolute atomic E-state index is 13.3. The lowest BCUT2D eigenvalue weighted by Crippen LogP contribution is -2.38. The summed E-state index contributed by atoms with van der Waals surface area (Å²) < 4.78 is 0. The van der Waals surface area contributed by atoms with E-state index in [9.17, 15) is 9.59 Å². The van der Waals surface area contributed by atoms with Gasteiger partial charge in [-0.3, -0.25) is 14.5 Å². The lowest BCUT2D eigenvalue weighted by Gasteiger charge is -2.24. The van der Waals surface area contributed by atoms with Crippen molar-refractivity contribution in [1.82, 2.24) is 20.2 Å². The maximum atomic E-state index is 13.3. The molecule has 1 fully saturated rings. The third-order valence-corrected chi connectivity index (χ3v) is 6.65. The highest BCUT2D eigenvalue weighted by molar-refractivity contribution is 8.04. The van der Waals surface area contributed by atoms with Gasteiger partial charge in [0.05, 0.1) is 0 Å². The van der Waals surface area contributed by atoms with E-state index < -0.39 is 0 Å². The van der Waals surface area contributed by atoms with Gasteiger partial charge in [0.2, 0.25) is 0 Å². The van der Waals surface area contributed by atoms with Crippen molar-refractivity contribution in [2.24, 2.45) is 0 Å². The second-order valence-electron chi connectivity index (χ2n) is 8.22. The van der Waals surface area contributed by atoms with Crippen LogP contribution < -0.4 is 5.32 Å². The van der Waals surface area contributed by atoms with Gasteiger partial charge in [0, 0.05) is 24.0 Å². The SMILES string of the molecule is Cc1cc(C)nc(SC2=C(NC3CCCCC3)C(=O)N(CCc3ccccc3)C2=O)n1. The van der Waals surface area contributed by atoms with Gasteiger partial charge in [-0.1, -0.05) is 49.6 Å². The summed E-state index contributed by atoms with van der Waals surface area (Å²) in [6, 6.07) is 12.0. The summed E-state index contributed by atoms with van der Waals surface area (Å²) in [6.07, 6.45) is 6.19. The Morgan fingerprint density at radius 1 is 1.00 bits per heavy atom. The molecule has 1 aliphatic carbocycles. The number of nitrogens with one attached hydrogen (secondary N) is 1. The third kappa shape index (κ3) is 5.15. The van der Waals surface area contributed by atoms with E-state index in [4.69, 9.17) is 0 Å². The lowest BCUT2D eigenvalue weighted by molar-refractivity contribution is -0.137. The fourth-order valence-electron chi connectivity index (χ4n) is 4.15. The van der Waals surface area contributed by atoms with Crippen molar-refractivity contribution in [2.75, 3.05) is 6.54 Å². The Balaban J connectivity index is 1.58. The summed E-state index contributed by atoms with van der Waals surface area (Å²) in [4.78, 5) is 37.3. The van der Waals surface area contributed by atoms with Crippen LogP contribution >= 0.6 is 11.8 Å². The summed E-state index contributed by atoms with van der Waals surface area (Å²) in [6.45, 7) is 4.17. The van der Waals surface area contributed by atoms with Gasteiger partial charge >= 0.3 is 0 Å². The minimum atomic E-state index is -0.257. The van der Waals surface area contributed by atoms with Gasteiger partial charge in [0.1, 0.15) is 10.6 Å². The number of benzene rings is 1. The molecule has 0 bridgehead atoms. The van der Waals surface area contributed by atoms with E-state index >= 15 is 0 Å². The zero-order chi connectivity index (χ0) is 21.8. The third-order valence-electron chi connectivity index (χ3n) is 5.70. The van der Waals surface area contributed by atoms with Crippen LogP contribution in [0.1, 0.15) is 49.1 Å². The minimum absolute atomic E-state index is 0.227. The molecular formula is C24H28N4O2S.